The first-order valence-electron chi connectivity index (χ1n) is 5.51. The van der Waals surface area contributed by atoms with Gasteiger partial charge in [-0.2, -0.15) is 0 Å². The van der Waals surface area contributed by atoms with E-state index in [0.29, 0.717) is 15.2 Å². The number of rotatable bonds is 4. The summed E-state index contributed by atoms with van der Waals surface area (Å²) in [7, 11) is 1.54. The summed E-state index contributed by atoms with van der Waals surface area (Å²) in [6.07, 6.45) is 0. The fourth-order valence-electron chi connectivity index (χ4n) is 1.37. The van der Waals surface area contributed by atoms with Crippen molar-refractivity contribution in [2.45, 2.75) is 6.92 Å². The molecular formula is C12H14BrClN2O3. The number of amides is 2. The van der Waals surface area contributed by atoms with Crippen molar-refractivity contribution < 1.29 is 14.7 Å². The third-order valence-corrected chi connectivity index (χ3v) is 3.38. The van der Waals surface area contributed by atoms with Crippen molar-refractivity contribution in [1.29, 1.82) is 0 Å². The van der Waals surface area contributed by atoms with Gasteiger partial charge < -0.3 is 15.3 Å². The number of carboxylic acids is 1. The number of aliphatic carboxylic acids is 1. The molecule has 0 aromatic heterocycles. The van der Waals surface area contributed by atoms with Crippen molar-refractivity contribution >= 4 is 45.2 Å². The first-order valence-corrected chi connectivity index (χ1v) is 6.68. The molecule has 0 bridgehead atoms. The van der Waals surface area contributed by atoms with Crippen molar-refractivity contribution in [1.82, 2.24) is 4.90 Å². The molecule has 0 spiro atoms. The fourth-order valence-corrected chi connectivity index (χ4v) is 2.16. The van der Waals surface area contributed by atoms with Gasteiger partial charge in [0.15, 0.2) is 0 Å². The van der Waals surface area contributed by atoms with Gasteiger partial charge in [0.25, 0.3) is 0 Å². The Hall–Kier alpha value is -1.27. The van der Waals surface area contributed by atoms with Crippen LogP contribution in [0.2, 0.25) is 5.02 Å². The van der Waals surface area contributed by atoms with Crippen LogP contribution in [0.1, 0.15) is 6.92 Å². The normalized spacial score (nSPS) is 11.8. The predicted molar refractivity (Wildman–Crippen MR) is 77.6 cm³/mol. The lowest BCUT2D eigenvalue weighted by Crippen LogP contribution is -2.36. The molecule has 1 aromatic carbocycles. The van der Waals surface area contributed by atoms with Crippen molar-refractivity contribution in [2.75, 3.05) is 18.9 Å². The molecule has 1 rings (SSSR count). The molecule has 1 atom stereocenters. The minimum Gasteiger partial charge on any atom is -0.481 e. The summed E-state index contributed by atoms with van der Waals surface area (Å²) >= 11 is 9.09. The van der Waals surface area contributed by atoms with Crippen LogP contribution in [0.4, 0.5) is 10.5 Å². The zero-order chi connectivity index (χ0) is 14.6. The molecule has 7 heteroatoms. The van der Waals surface area contributed by atoms with Crippen molar-refractivity contribution in [3.8, 4) is 0 Å². The molecule has 0 aliphatic heterocycles. The topological polar surface area (TPSA) is 69.6 Å². The Morgan fingerprint density at radius 1 is 1.53 bits per heavy atom. The summed E-state index contributed by atoms with van der Waals surface area (Å²) < 4.78 is 0.660. The van der Waals surface area contributed by atoms with Crippen molar-refractivity contribution in [3.63, 3.8) is 0 Å². The molecule has 0 heterocycles. The second-order valence-corrected chi connectivity index (χ2v) is 5.46. The first kappa shape index (κ1) is 15.8. The molecule has 2 N–H and O–H groups in total. The minimum atomic E-state index is -0.938. The number of nitrogens with one attached hydrogen (secondary N) is 1. The first-order chi connectivity index (χ1) is 8.81. The molecule has 19 heavy (non-hydrogen) atoms. The Morgan fingerprint density at radius 2 is 2.16 bits per heavy atom. The molecule has 0 saturated heterocycles. The Balaban J connectivity index is 2.66. The molecule has 5 nitrogen and oxygen atoms in total. The molecule has 1 unspecified atom stereocenters. The predicted octanol–water partition coefficient (Wildman–Crippen LogP) is 3.29. The summed E-state index contributed by atoms with van der Waals surface area (Å²) in [6.45, 7) is 1.68. The van der Waals surface area contributed by atoms with E-state index in [2.05, 4.69) is 21.2 Å². The third kappa shape index (κ3) is 4.72. The van der Waals surface area contributed by atoms with Crippen LogP contribution in [0.5, 0.6) is 0 Å². The highest BCUT2D eigenvalue weighted by atomic mass is 79.9. The maximum Gasteiger partial charge on any atom is 0.321 e. The van der Waals surface area contributed by atoms with E-state index in [1.165, 1.54) is 4.90 Å². The SMILES string of the molecule is CC(CN(C)C(=O)Nc1ccc(Cl)cc1Br)C(=O)O. The number of carboxylic acid groups (broad SMARTS) is 1. The number of benzene rings is 1. The zero-order valence-electron chi connectivity index (χ0n) is 10.5. The van der Waals surface area contributed by atoms with Crippen LogP contribution in [0.15, 0.2) is 22.7 Å². The van der Waals surface area contributed by atoms with Crippen LogP contribution in [0.25, 0.3) is 0 Å². The van der Waals surface area contributed by atoms with Crippen molar-refractivity contribution in [3.05, 3.63) is 27.7 Å². The van der Waals surface area contributed by atoms with Gasteiger partial charge in [-0.1, -0.05) is 18.5 Å². The molecule has 0 radical (unpaired) electrons. The van der Waals surface area contributed by atoms with E-state index in [9.17, 15) is 9.59 Å². The lowest BCUT2D eigenvalue weighted by atomic mass is 10.2. The zero-order valence-corrected chi connectivity index (χ0v) is 12.8. The van der Waals surface area contributed by atoms with Gasteiger partial charge >= 0.3 is 12.0 Å². The Labute approximate surface area is 124 Å². The van der Waals surface area contributed by atoms with Crippen LogP contribution in [0.3, 0.4) is 0 Å². The Morgan fingerprint density at radius 3 is 2.68 bits per heavy atom. The number of anilines is 1. The van der Waals surface area contributed by atoms with Crippen molar-refractivity contribution in [2.24, 2.45) is 5.92 Å². The maximum atomic E-state index is 11.9. The van der Waals surface area contributed by atoms with E-state index in [-0.39, 0.29) is 12.6 Å². The fraction of sp³-hybridized carbons (Fsp3) is 0.333. The van der Waals surface area contributed by atoms with Crippen LogP contribution >= 0.6 is 27.5 Å². The molecule has 0 aliphatic rings. The molecule has 1 aromatic rings. The monoisotopic (exact) mass is 348 g/mol. The van der Waals surface area contributed by atoms with E-state index in [0.717, 1.165) is 0 Å². The molecule has 104 valence electrons. The van der Waals surface area contributed by atoms with E-state index in [4.69, 9.17) is 16.7 Å². The highest BCUT2D eigenvalue weighted by Crippen LogP contribution is 2.26. The van der Waals surface area contributed by atoms with E-state index in [1.807, 2.05) is 0 Å². The smallest absolute Gasteiger partial charge is 0.321 e. The largest absolute Gasteiger partial charge is 0.481 e. The average Bonchev–Trinajstić information content (AvgIpc) is 2.32. The van der Waals surface area contributed by atoms with Crippen LogP contribution < -0.4 is 5.32 Å². The molecule has 0 aliphatic carbocycles. The summed E-state index contributed by atoms with van der Waals surface area (Å²) in [5, 5.41) is 12.0. The number of hydrogen-bond donors (Lipinski definition) is 2. The van der Waals surface area contributed by atoms with Crippen LogP contribution in [0, 0.1) is 5.92 Å². The third-order valence-electron chi connectivity index (χ3n) is 2.49. The highest BCUT2D eigenvalue weighted by Gasteiger charge is 2.17. The number of carbonyl (C=O) groups excluding carboxylic acids is 1. The highest BCUT2D eigenvalue weighted by molar-refractivity contribution is 9.10. The molecule has 0 fully saturated rings. The standard InChI is InChI=1S/C12H14BrClN2O3/c1-7(11(17)18)6-16(2)12(19)15-10-4-3-8(14)5-9(10)13/h3-5,7H,6H2,1-2H3,(H,15,19)(H,17,18). The molecule has 0 saturated carbocycles. The second kappa shape index (κ2) is 6.77. The van der Waals surface area contributed by atoms with Gasteiger partial charge in [-0.3, -0.25) is 4.79 Å². The van der Waals surface area contributed by atoms with Gasteiger partial charge in [-0.15, -0.1) is 0 Å². The number of urea groups is 1. The lowest BCUT2D eigenvalue weighted by molar-refractivity contribution is -0.141. The number of halogens is 2. The van der Waals surface area contributed by atoms with Gasteiger partial charge in [-0.25, -0.2) is 4.79 Å². The van der Waals surface area contributed by atoms with Gasteiger partial charge in [0.1, 0.15) is 0 Å². The number of nitrogens with zero attached hydrogens (tertiary/aromatic N) is 1. The summed E-state index contributed by atoms with van der Waals surface area (Å²) in [5.74, 6) is -1.56. The van der Waals surface area contributed by atoms with Gasteiger partial charge in [-0.05, 0) is 34.1 Å². The summed E-state index contributed by atoms with van der Waals surface area (Å²) in [4.78, 5) is 23.9. The molecular weight excluding hydrogens is 336 g/mol. The number of carbonyl (C=O) groups is 2. The van der Waals surface area contributed by atoms with Gasteiger partial charge in [0.2, 0.25) is 0 Å². The van der Waals surface area contributed by atoms with E-state index < -0.39 is 11.9 Å². The average molecular weight is 350 g/mol. The molecule has 2 amide bonds. The van der Waals surface area contributed by atoms with Crippen LogP contribution in [-0.4, -0.2) is 35.6 Å². The van der Waals surface area contributed by atoms with Gasteiger partial charge in [0, 0.05) is 23.1 Å². The summed E-state index contributed by atoms with van der Waals surface area (Å²) in [5.41, 5.74) is 0.573. The van der Waals surface area contributed by atoms with Gasteiger partial charge in [0.05, 0.1) is 11.6 Å². The summed E-state index contributed by atoms with van der Waals surface area (Å²) in [6, 6.07) is 4.61. The number of hydrogen-bond acceptors (Lipinski definition) is 2. The quantitative estimate of drug-likeness (QED) is 0.876. The minimum absolute atomic E-state index is 0.131. The van der Waals surface area contributed by atoms with E-state index >= 15 is 0 Å². The lowest BCUT2D eigenvalue weighted by Gasteiger charge is -2.20. The Kier molecular flexibility index (Phi) is 5.62. The maximum absolute atomic E-state index is 11.9. The second-order valence-electron chi connectivity index (χ2n) is 4.17. The van der Waals surface area contributed by atoms with Crippen LogP contribution in [-0.2, 0) is 4.79 Å². The van der Waals surface area contributed by atoms with E-state index in [1.54, 1.807) is 32.2 Å². The Bertz CT molecular complexity index is 496.